The van der Waals surface area contributed by atoms with Crippen LogP contribution >= 0.6 is 11.3 Å². The molecule has 1 N–H and O–H groups in total. The predicted octanol–water partition coefficient (Wildman–Crippen LogP) is 2.89. The molecule has 0 saturated heterocycles. The van der Waals surface area contributed by atoms with E-state index in [1.165, 1.54) is 11.3 Å². The molecule has 2 heterocycles. The average Bonchev–Trinajstić information content (AvgIpc) is 3.09. The van der Waals surface area contributed by atoms with Gasteiger partial charge in [-0.1, -0.05) is 18.2 Å². The monoisotopic (exact) mass is 284 g/mol. The highest BCUT2D eigenvalue weighted by molar-refractivity contribution is 7.13. The Hall–Kier alpha value is -2.47. The standard InChI is InChI=1S/C14H12N4OS/c1-10-9-12(13(19)16-14-15-7-8-20-14)18(17-10)11-5-3-2-4-6-11/h2-9H,1H3,(H,15,16,19). The highest BCUT2D eigenvalue weighted by Gasteiger charge is 2.16. The van der Waals surface area contributed by atoms with Crippen LogP contribution < -0.4 is 5.32 Å². The molecule has 0 unspecified atom stereocenters. The molecule has 1 aromatic carbocycles. The van der Waals surface area contributed by atoms with Crippen molar-refractivity contribution in [3.8, 4) is 5.69 Å². The number of benzene rings is 1. The number of nitrogens with one attached hydrogen (secondary N) is 1. The van der Waals surface area contributed by atoms with Crippen LogP contribution in [0.5, 0.6) is 0 Å². The van der Waals surface area contributed by atoms with Crippen molar-refractivity contribution >= 4 is 22.4 Å². The van der Waals surface area contributed by atoms with Crippen LogP contribution in [0.1, 0.15) is 16.2 Å². The lowest BCUT2D eigenvalue weighted by atomic mass is 10.3. The number of para-hydroxylation sites is 1. The minimum Gasteiger partial charge on any atom is -0.296 e. The summed E-state index contributed by atoms with van der Waals surface area (Å²) in [5, 5.41) is 9.53. The number of rotatable bonds is 3. The molecule has 0 aliphatic rings. The lowest BCUT2D eigenvalue weighted by Crippen LogP contribution is -2.16. The van der Waals surface area contributed by atoms with Crippen molar-refractivity contribution in [2.24, 2.45) is 0 Å². The Morgan fingerprint density at radius 1 is 1.30 bits per heavy atom. The number of aromatic nitrogens is 3. The zero-order valence-electron chi connectivity index (χ0n) is 10.8. The van der Waals surface area contributed by atoms with Gasteiger partial charge in [-0.2, -0.15) is 5.10 Å². The van der Waals surface area contributed by atoms with E-state index < -0.39 is 0 Å². The molecule has 0 fully saturated rings. The van der Waals surface area contributed by atoms with E-state index in [9.17, 15) is 4.79 Å². The third-order valence-corrected chi connectivity index (χ3v) is 3.41. The van der Waals surface area contributed by atoms with E-state index in [0.717, 1.165) is 11.4 Å². The summed E-state index contributed by atoms with van der Waals surface area (Å²) in [6, 6.07) is 11.3. The fourth-order valence-electron chi connectivity index (χ4n) is 1.87. The molecule has 0 aliphatic heterocycles. The maximum Gasteiger partial charge on any atom is 0.276 e. The minimum absolute atomic E-state index is 0.218. The molecule has 5 nitrogen and oxygen atoms in total. The summed E-state index contributed by atoms with van der Waals surface area (Å²) in [5.41, 5.74) is 2.13. The lowest BCUT2D eigenvalue weighted by Gasteiger charge is -2.06. The van der Waals surface area contributed by atoms with Crippen LogP contribution in [0.4, 0.5) is 5.13 Å². The van der Waals surface area contributed by atoms with Gasteiger partial charge in [0.15, 0.2) is 5.13 Å². The van der Waals surface area contributed by atoms with E-state index in [1.807, 2.05) is 42.6 Å². The summed E-state index contributed by atoms with van der Waals surface area (Å²) in [6.07, 6.45) is 1.65. The van der Waals surface area contributed by atoms with Gasteiger partial charge in [0.1, 0.15) is 5.69 Å². The summed E-state index contributed by atoms with van der Waals surface area (Å²) < 4.78 is 1.64. The van der Waals surface area contributed by atoms with Gasteiger partial charge < -0.3 is 0 Å². The minimum atomic E-state index is -0.218. The van der Waals surface area contributed by atoms with E-state index in [2.05, 4.69) is 15.4 Å². The largest absolute Gasteiger partial charge is 0.296 e. The Morgan fingerprint density at radius 2 is 2.10 bits per heavy atom. The molecule has 20 heavy (non-hydrogen) atoms. The quantitative estimate of drug-likeness (QED) is 0.804. The number of nitrogens with zero attached hydrogens (tertiary/aromatic N) is 3. The van der Waals surface area contributed by atoms with Gasteiger partial charge in [-0.05, 0) is 25.1 Å². The first-order valence-electron chi connectivity index (χ1n) is 6.07. The summed E-state index contributed by atoms with van der Waals surface area (Å²) in [4.78, 5) is 16.4. The molecule has 1 amide bonds. The number of carbonyl (C=O) groups excluding carboxylic acids is 1. The van der Waals surface area contributed by atoms with Gasteiger partial charge in [0.25, 0.3) is 5.91 Å². The van der Waals surface area contributed by atoms with Gasteiger partial charge in [-0.3, -0.25) is 10.1 Å². The zero-order valence-corrected chi connectivity index (χ0v) is 11.6. The highest BCUT2D eigenvalue weighted by Crippen LogP contribution is 2.16. The third-order valence-electron chi connectivity index (χ3n) is 2.72. The van der Waals surface area contributed by atoms with E-state index in [0.29, 0.717) is 10.8 Å². The number of aryl methyl sites for hydroxylation is 1. The van der Waals surface area contributed by atoms with E-state index in [-0.39, 0.29) is 5.91 Å². The van der Waals surface area contributed by atoms with Gasteiger partial charge in [-0.25, -0.2) is 9.67 Å². The second kappa shape index (κ2) is 5.26. The number of hydrogen-bond acceptors (Lipinski definition) is 4. The summed E-state index contributed by atoms with van der Waals surface area (Å²) in [5.74, 6) is -0.218. The van der Waals surface area contributed by atoms with E-state index in [4.69, 9.17) is 0 Å². The Morgan fingerprint density at radius 3 is 2.80 bits per heavy atom. The first kappa shape index (κ1) is 12.6. The van der Waals surface area contributed by atoms with Crippen LogP contribution in [0.3, 0.4) is 0 Å². The van der Waals surface area contributed by atoms with Gasteiger partial charge in [0, 0.05) is 11.6 Å². The first-order valence-corrected chi connectivity index (χ1v) is 6.95. The summed E-state index contributed by atoms with van der Waals surface area (Å²) in [6.45, 7) is 1.86. The maximum absolute atomic E-state index is 12.3. The molecule has 0 spiro atoms. The van der Waals surface area contributed by atoms with Gasteiger partial charge in [-0.15, -0.1) is 11.3 Å². The predicted molar refractivity (Wildman–Crippen MR) is 78.4 cm³/mol. The third kappa shape index (κ3) is 2.46. The van der Waals surface area contributed by atoms with Crippen molar-refractivity contribution in [1.29, 1.82) is 0 Å². The SMILES string of the molecule is Cc1cc(C(=O)Nc2nccs2)n(-c2ccccc2)n1. The van der Waals surface area contributed by atoms with Crippen molar-refractivity contribution < 1.29 is 4.79 Å². The molecule has 0 radical (unpaired) electrons. The Balaban J connectivity index is 1.96. The van der Waals surface area contributed by atoms with Crippen LogP contribution in [0.25, 0.3) is 5.69 Å². The van der Waals surface area contributed by atoms with Crippen molar-refractivity contribution in [3.63, 3.8) is 0 Å². The normalized spacial score (nSPS) is 10.4. The van der Waals surface area contributed by atoms with Crippen molar-refractivity contribution in [1.82, 2.24) is 14.8 Å². The molecular formula is C14H12N4OS. The number of thiazole rings is 1. The first-order chi connectivity index (χ1) is 9.74. The Bertz CT molecular complexity index is 719. The average molecular weight is 284 g/mol. The van der Waals surface area contributed by atoms with E-state index >= 15 is 0 Å². The van der Waals surface area contributed by atoms with E-state index in [1.54, 1.807) is 16.9 Å². The number of anilines is 1. The van der Waals surface area contributed by atoms with Crippen LogP contribution in [0.2, 0.25) is 0 Å². The summed E-state index contributed by atoms with van der Waals surface area (Å²) >= 11 is 1.38. The molecule has 6 heteroatoms. The highest BCUT2D eigenvalue weighted by atomic mass is 32.1. The van der Waals surface area contributed by atoms with Crippen LogP contribution in [0.15, 0.2) is 48.0 Å². The Labute approximate surface area is 119 Å². The number of amides is 1. The fraction of sp³-hybridized carbons (Fsp3) is 0.0714. The molecule has 3 rings (SSSR count). The molecule has 100 valence electrons. The molecule has 2 aromatic heterocycles. The summed E-state index contributed by atoms with van der Waals surface area (Å²) in [7, 11) is 0. The maximum atomic E-state index is 12.3. The second-order valence-corrected chi connectivity index (χ2v) is 5.10. The molecule has 3 aromatic rings. The molecule has 0 saturated carbocycles. The number of hydrogen-bond donors (Lipinski definition) is 1. The molecular weight excluding hydrogens is 272 g/mol. The Kier molecular flexibility index (Phi) is 3.30. The van der Waals surface area contributed by atoms with Gasteiger partial charge in [0.2, 0.25) is 0 Å². The second-order valence-electron chi connectivity index (χ2n) is 4.21. The number of carbonyl (C=O) groups is 1. The smallest absolute Gasteiger partial charge is 0.276 e. The fourth-order valence-corrected chi connectivity index (χ4v) is 2.40. The van der Waals surface area contributed by atoms with Crippen molar-refractivity contribution in [3.05, 3.63) is 59.4 Å². The zero-order chi connectivity index (χ0) is 13.9. The molecule has 0 bridgehead atoms. The topological polar surface area (TPSA) is 59.8 Å². The molecule has 0 atom stereocenters. The van der Waals surface area contributed by atoms with Crippen LogP contribution in [-0.4, -0.2) is 20.7 Å². The van der Waals surface area contributed by atoms with Crippen molar-refractivity contribution in [2.45, 2.75) is 6.92 Å². The van der Waals surface area contributed by atoms with Crippen LogP contribution in [-0.2, 0) is 0 Å². The van der Waals surface area contributed by atoms with Gasteiger partial charge >= 0.3 is 0 Å². The van der Waals surface area contributed by atoms with Crippen LogP contribution in [0, 0.1) is 6.92 Å². The molecule has 0 aliphatic carbocycles. The van der Waals surface area contributed by atoms with Gasteiger partial charge in [0.05, 0.1) is 11.4 Å². The lowest BCUT2D eigenvalue weighted by molar-refractivity contribution is 0.101. The van der Waals surface area contributed by atoms with Crippen molar-refractivity contribution in [2.75, 3.05) is 5.32 Å².